The van der Waals surface area contributed by atoms with Gasteiger partial charge >= 0.3 is 5.97 Å². The van der Waals surface area contributed by atoms with Gasteiger partial charge < -0.3 is 5.11 Å². The van der Waals surface area contributed by atoms with Crippen molar-refractivity contribution in [2.24, 2.45) is 5.92 Å². The molecule has 1 aromatic rings. The van der Waals surface area contributed by atoms with Crippen molar-refractivity contribution in [1.82, 2.24) is 9.88 Å². The van der Waals surface area contributed by atoms with Crippen LogP contribution in [0.2, 0.25) is 0 Å². The van der Waals surface area contributed by atoms with Gasteiger partial charge in [0.25, 0.3) is 0 Å². The summed E-state index contributed by atoms with van der Waals surface area (Å²) in [6, 6.07) is 3.54. The highest BCUT2D eigenvalue weighted by Crippen LogP contribution is 2.24. The molecule has 1 fully saturated rings. The largest absolute Gasteiger partial charge is 0.478 e. The molecule has 1 aliphatic rings. The van der Waals surface area contributed by atoms with Gasteiger partial charge in [-0.2, -0.15) is 0 Å². The molecule has 0 aliphatic carbocycles. The molecule has 2 heterocycles. The second kappa shape index (κ2) is 6.14. The predicted octanol–water partition coefficient (Wildman–Crippen LogP) is 3.31. The minimum Gasteiger partial charge on any atom is -0.478 e. The number of likely N-dealkylation sites (tertiary alicyclic amines) is 1. The van der Waals surface area contributed by atoms with E-state index >= 15 is 0 Å². The second-order valence-electron chi connectivity index (χ2n) is 7.20. The smallest absolute Gasteiger partial charge is 0.337 e. The van der Waals surface area contributed by atoms with Gasteiger partial charge in [-0.25, -0.2) is 4.79 Å². The number of aromatic nitrogens is 1. The Kier molecular flexibility index (Phi) is 4.67. The molecule has 4 heteroatoms. The number of piperidine rings is 1. The Morgan fingerprint density at radius 3 is 2.48 bits per heavy atom. The lowest BCUT2D eigenvalue weighted by Gasteiger charge is -2.30. The highest BCUT2D eigenvalue weighted by Gasteiger charge is 2.22. The molecular weight excluding hydrogens is 264 g/mol. The van der Waals surface area contributed by atoms with E-state index in [4.69, 9.17) is 0 Å². The van der Waals surface area contributed by atoms with Gasteiger partial charge in [0, 0.05) is 17.7 Å². The molecule has 1 aliphatic heterocycles. The van der Waals surface area contributed by atoms with Gasteiger partial charge in [-0.05, 0) is 44.0 Å². The summed E-state index contributed by atoms with van der Waals surface area (Å²) in [6.45, 7) is 11.3. The number of hydrogen-bond donors (Lipinski definition) is 1. The van der Waals surface area contributed by atoms with Crippen molar-refractivity contribution >= 4 is 5.97 Å². The summed E-state index contributed by atoms with van der Waals surface area (Å²) < 4.78 is 0. The standard InChI is InChI=1S/C17H26N2O2/c1-12-7-9-19(10-8-12)11-14-13(16(20)21)5-6-15(18-14)17(2,3)4/h5-6,12H,7-11H2,1-4H3,(H,20,21). The van der Waals surface area contributed by atoms with Crippen LogP contribution in [0.1, 0.15) is 62.3 Å². The molecule has 0 unspecified atom stereocenters. The van der Waals surface area contributed by atoms with Gasteiger partial charge in [0.1, 0.15) is 0 Å². The third-order valence-corrected chi connectivity index (χ3v) is 4.22. The molecule has 0 bridgehead atoms. The zero-order chi connectivity index (χ0) is 15.6. The van der Waals surface area contributed by atoms with Crippen LogP contribution in [0.5, 0.6) is 0 Å². The van der Waals surface area contributed by atoms with Crippen molar-refractivity contribution in [2.75, 3.05) is 13.1 Å². The number of carboxylic acids is 1. The fourth-order valence-electron chi connectivity index (χ4n) is 2.67. The number of aromatic carboxylic acids is 1. The summed E-state index contributed by atoms with van der Waals surface area (Å²) >= 11 is 0. The number of carboxylic acid groups (broad SMARTS) is 1. The molecule has 0 saturated carbocycles. The molecule has 0 radical (unpaired) electrons. The number of hydrogen-bond acceptors (Lipinski definition) is 3. The van der Waals surface area contributed by atoms with E-state index in [0.717, 1.165) is 24.7 Å². The molecule has 116 valence electrons. The normalized spacial score (nSPS) is 17.9. The maximum Gasteiger partial charge on any atom is 0.337 e. The Balaban J connectivity index is 2.24. The molecule has 2 rings (SSSR count). The number of rotatable bonds is 3. The van der Waals surface area contributed by atoms with E-state index in [1.807, 2.05) is 6.07 Å². The molecule has 1 aromatic heterocycles. The first-order chi connectivity index (χ1) is 9.77. The Bertz CT molecular complexity index is 512. The average Bonchev–Trinajstić information content (AvgIpc) is 2.40. The third kappa shape index (κ3) is 4.03. The highest BCUT2D eigenvalue weighted by atomic mass is 16.4. The second-order valence-corrected chi connectivity index (χ2v) is 7.20. The molecular formula is C17H26N2O2. The van der Waals surface area contributed by atoms with Gasteiger partial charge in [0.15, 0.2) is 0 Å². The maximum absolute atomic E-state index is 11.4. The molecule has 1 saturated heterocycles. The van der Waals surface area contributed by atoms with E-state index in [0.29, 0.717) is 17.8 Å². The Morgan fingerprint density at radius 1 is 1.33 bits per heavy atom. The van der Waals surface area contributed by atoms with E-state index in [1.54, 1.807) is 6.07 Å². The monoisotopic (exact) mass is 290 g/mol. The van der Waals surface area contributed by atoms with Gasteiger partial charge in [0.2, 0.25) is 0 Å². The molecule has 0 spiro atoms. The van der Waals surface area contributed by atoms with Crippen molar-refractivity contribution in [3.63, 3.8) is 0 Å². The van der Waals surface area contributed by atoms with E-state index < -0.39 is 5.97 Å². The van der Waals surface area contributed by atoms with Crippen molar-refractivity contribution in [3.8, 4) is 0 Å². The van der Waals surface area contributed by atoms with E-state index in [-0.39, 0.29) is 5.41 Å². The van der Waals surface area contributed by atoms with Gasteiger partial charge in [-0.15, -0.1) is 0 Å². The van der Waals surface area contributed by atoms with Crippen molar-refractivity contribution in [1.29, 1.82) is 0 Å². The predicted molar refractivity (Wildman–Crippen MR) is 83.6 cm³/mol. The van der Waals surface area contributed by atoms with Crippen molar-refractivity contribution in [3.05, 3.63) is 29.1 Å². The van der Waals surface area contributed by atoms with E-state index in [1.165, 1.54) is 12.8 Å². The Labute approximate surface area is 127 Å². The zero-order valence-electron chi connectivity index (χ0n) is 13.5. The summed E-state index contributed by atoms with van der Waals surface area (Å²) in [5, 5.41) is 9.37. The third-order valence-electron chi connectivity index (χ3n) is 4.22. The summed E-state index contributed by atoms with van der Waals surface area (Å²) in [4.78, 5) is 18.4. The summed E-state index contributed by atoms with van der Waals surface area (Å²) in [5.74, 6) is -0.114. The maximum atomic E-state index is 11.4. The van der Waals surface area contributed by atoms with Gasteiger partial charge in [0.05, 0.1) is 11.3 Å². The van der Waals surface area contributed by atoms with Crippen LogP contribution < -0.4 is 0 Å². The fraction of sp³-hybridized carbons (Fsp3) is 0.647. The van der Waals surface area contributed by atoms with Crippen LogP contribution in [-0.2, 0) is 12.0 Å². The van der Waals surface area contributed by atoms with Crippen LogP contribution in [0.25, 0.3) is 0 Å². The zero-order valence-corrected chi connectivity index (χ0v) is 13.5. The Morgan fingerprint density at radius 2 is 1.95 bits per heavy atom. The molecule has 1 N–H and O–H groups in total. The van der Waals surface area contributed by atoms with Crippen LogP contribution in [0.15, 0.2) is 12.1 Å². The summed E-state index contributed by atoms with van der Waals surface area (Å²) in [6.07, 6.45) is 2.36. The van der Waals surface area contributed by atoms with Gasteiger partial charge in [-0.3, -0.25) is 9.88 Å². The average molecular weight is 290 g/mol. The first-order valence-electron chi connectivity index (χ1n) is 7.73. The molecule has 4 nitrogen and oxygen atoms in total. The van der Waals surface area contributed by atoms with Crippen LogP contribution in [-0.4, -0.2) is 34.0 Å². The summed E-state index contributed by atoms with van der Waals surface area (Å²) in [7, 11) is 0. The first kappa shape index (κ1) is 16.0. The molecule has 0 aromatic carbocycles. The lowest BCUT2D eigenvalue weighted by molar-refractivity contribution is 0.0692. The summed E-state index contributed by atoms with van der Waals surface area (Å²) in [5.41, 5.74) is 1.92. The number of pyridine rings is 1. The lowest BCUT2D eigenvalue weighted by Crippen LogP contribution is -2.33. The minimum absolute atomic E-state index is 0.0673. The van der Waals surface area contributed by atoms with Crippen LogP contribution in [0.4, 0.5) is 0 Å². The number of nitrogens with zero attached hydrogens (tertiary/aromatic N) is 2. The van der Waals surface area contributed by atoms with Gasteiger partial charge in [-0.1, -0.05) is 27.7 Å². The van der Waals surface area contributed by atoms with Crippen molar-refractivity contribution in [2.45, 2.75) is 52.5 Å². The molecule has 21 heavy (non-hydrogen) atoms. The van der Waals surface area contributed by atoms with E-state index in [9.17, 15) is 9.90 Å². The number of carbonyl (C=O) groups is 1. The first-order valence-corrected chi connectivity index (χ1v) is 7.73. The van der Waals surface area contributed by atoms with Crippen molar-refractivity contribution < 1.29 is 9.90 Å². The minimum atomic E-state index is -0.886. The van der Waals surface area contributed by atoms with E-state index in [2.05, 4.69) is 37.6 Å². The van der Waals surface area contributed by atoms with Crippen LogP contribution >= 0.6 is 0 Å². The highest BCUT2D eigenvalue weighted by molar-refractivity contribution is 5.88. The van der Waals surface area contributed by atoms with Crippen LogP contribution in [0, 0.1) is 5.92 Å². The Hall–Kier alpha value is -1.42. The quantitative estimate of drug-likeness (QED) is 0.928. The SMILES string of the molecule is CC1CCN(Cc2nc(C(C)(C)C)ccc2C(=O)O)CC1. The topological polar surface area (TPSA) is 53.4 Å². The van der Waals surface area contributed by atoms with Crippen LogP contribution in [0.3, 0.4) is 0 Å². The fourth-order valence-corrected chi connectivity index (χ4v) is 2.67. The lowest BCUT2D eigenvalue weighted by atomic mass is 9.91. The molecule has 0 amide bonds. The molecule has 0 atom stereocenters.